The van der Waals surface area contributed by atoms with Crippen LogP contribution in [0, 0.1) is 10.1 Å². The lowest BCUT2D eigenvalue weighted by atomic mass is 10.2. The highest BCUT2D eigenvalue weighted by molar-refractivity contribution is 7.17. The Hall–Kier alpha value is -2.25. The number of thiophene rings is 1. The fourth-order valence-electron chi connectivity index (χ4n) is 1.77. The largest absolute Gasteiger partial charge is 0.324 e. The van der Waals surface area contributed by atoms with Crippen molar-refractivity contribution in [2.45, 2.75) is 13.5 Å². The fourth-order valence-corrected chi connectivity index (χ4v) is 2.48. The number of nitro groups is 1. The van der Waals surface area contributed by atoms with Gasteiger partial charge in [-0.15, -0.1) is 0 Å². The number of carbonyl (C=O) groups excluding carboxylic acids is 1. The van der Waals surface area contributed by atoms with Crippen LogP contribution in [0.25, 0.3) is 0 Å². The molecule has 0 bridgehead atoms. The first-order chi connectivity index (χ1) is 10.1. The first-order valence-electron chi connectivity index (χ1n) is 6.45. The number of hydrogen-bond donors (Lipinski definition) is 2. The molecule has 110 valence electrons. The van der Waals surface area contributed by atoms with Crippen LogP contribution in [-0.2, 0) is 6.54 Å². The Bertz CT molecular complexity index is 654. The van der Waals surface area contributed by atoms with E-state index in [1.54, 1.807) is 6.07 Å². The number of hydrogen-bond acceptors (Lipinski definition) is 5. The van der Waals surface area contributed by atoms with Crippen molar-refractivity contribution in [1.29, 1.82) is 0 Å². The Labute approximate surface area is 126 Å². The van der Waals surface area contributed by atoms with E-state index in [1.165, 1.54) is 12.1 Å². The number of amides is 1. The van der Waals surface area contributed by atoms with Crippen LogP contribution in [0.4, 0.5) is 10.7 Å². The molecule has 1 aromatic carbocycles. The maximum atomic E-state index is 12.0. The maximum absolute atomic E-state index is 12.0. The second kappa shape index (κ2) is 6.96. The molecule has 1 aromatic heterocycles. The molecule has 0 fully saturated rings. The van der Waals surface area contributed by atoms with Gasteiger partial charge in [-0.2, -0.15) is 0 Å². The van der Waals surface area contributed by atoms with Gasteiger partial charge in [0, 0.05) is 18.3 Å². The summed E-state index contributed by atoms with van der Waals surface area (Å²) in [7, 11) is 0. The topological polar surface area (TPSA) is 84.3 Å². The van der Waals surface area contributed by atoms with E-state index in [0.29, 0.717) is 10.6 Å². The van der Waals surface area contributed by atoms with Gasteiger partial charge in [0.2, 0.25) is 0 Å². The van der Waals surface area contributed by atoms with E-state index in [0.717, 1.165) is 30.0 Å². The summed E-state index contributed by atoms with van der Waals surface area (Å²) in [4.78, 5) is 22.5. The van der Waals surface area contributed by atoms with Gasteiger partial charge in [0.1, 0.15) is 0 Å². The first kappa shape index (κ1) is 15.1. The zero-order valence-electron chi connectivity index (χ0n) is 11.5. The summed E-state index contributed by atoms with van der Waals surface area (Å²) in [5.74, 6) is -0.339. The molecule has 7 heteroatoms. The molecule has 2 aromatic rings. The van der Waals surface area contributed by atoms with E-state index in [2.05, 4.69) is 10.6 Å². The van der Waals surface area contributed by atoms with Crippen molar-refractivity contribution in [1.82, 2.24) is 5.32 Å². The Morgan fingerprint density at radius 1 is 1.33 bits per heavy atom. The highest BCUT2D eigenvalue weighted by atomic mass is 32.1. The van der Waals surface area contributed by atoms with Gasteiger partial charge in [-0.05, 0) is 30.3 Å². The summed E-state index contributed by atoms with van der Waals surface area (Å²) >= 11 is 0.863. The van der Waals surface area contributed by atoms with Crippen molar-refractivity contribution in [3.63, 3.8) is 0 Å². The van der Waals surface area contributed by atoms with Gasteiger partial charge in [0.15, 0.2) is 0 Å². The molecule has 2 N–H and O–H groups in total. The van der Waals surface area contributed by atoms with E-state index < -0.39 is 4.92 Å². The molecule has 0 radical (unpaired) electrons. The quantitative estimate of drug-likeness (QED) is 0.634. The van der Waals surface area contributed by atoms with Gasteiger partial charge < -0.3 is 10.6 Å². The summed E-state index contributed by atoms with van der Waals surface area (Å²) in [5, 5.41) is 16.5. The zero-order valence-corrected chi connectivity index (χ0v) is 12.3. The summed E-state index contributed by atoms with van der Waals surface area (Å²) in [6.45, 7) is 3.62. The average molecular weight is 305 g/mol. The van der Waals surface area contributed by atoms with Crippen LogP contribution >= 0.6 is 11.3 Å². The molecule has 0 spiro atoms. The van der Waals surface area contributed by atoms with Crippen LogP contribution in [0.2, 0.25) is 0 Å². The van der Waals surface area contributed by atoms with Gasteiger partial charge >= 0.3 is 5.00 Å². The van der Waals surface area contributed by atoms with Crippen LogP contribution in [-0.4, -0.2) is 17.4 Å². The van der Waals surface area contributed by atoms with Crippen LogP contribution in [0.15, 0.2) is 36.4 Å². The second-order valence-electron chi connectivity index (χ2n) is 4.33. The number of carbonyl (C=O) groups is 1. The predicted octanol–water partition coefficient (Wildman–Crippen LogP) is 3.02. The zero-order chi connectivity index (χ0) is 15.2. The monoisotopic (exact) mass is 305 g/mol. The van der Waals surface area contributed by atoms with Crippen molar-refractivity contribution in [2.75, 3.05) is 11.9 Å². The molecule has 2 rings (SSSR count). The smallest absolute Gasteiger partial charge is 0.321 e. The van der Waals surface area contributed by atoms with Gasteiger partial charge in [-0.3, -0.25) is 14.9 Å². The Morgan fingerprint density at radius 2 is 2.14 bits per heavy atom. The Morgan fingerprint density at radius 3 is 2.81 bits per heavy atom. The van der Waals surface area contributed by atoms with E-state index >= 15 is 0 Å². The number of anilines is 1. The molecular formula is C14H15N3O3S. The van der Waals surface area contributed by atoms with E-state index in [4.69, 9.17) is 0 Å². The number of nitrogens with zero attached hydrogens (tertiary/aromatic N) is 1. The maximum Gasteiger partial charge on any atom is 0.324 e. The number of rotatable bonds is 6. The van der Waals surface area contributed by atoms with Gasteiger partial charge in [0.05, 0.1) is 9.80 Å². The first-order valence-corrected chi connectivity index (χ1v) is 7.27. The standard InChI is InChI=1S/C14H15N3O3S/c1-2-15-9-10-4-3-5-11(8-10)16-14(18)12-6-7-13(21-12)17(19)20/h3-8,15H,2,9H2,1H3,(H,16,18). The fraction of sp³-hybridized carbons (Fsp3) is 0.214. The van der Waals surface area contributed by atoms with Crippen LogP contribution < -0.4 is 10.6 Å². The molecular weight excluding hydrogens is 290 g/mol. The Kier molecular flexibility index (Phi) is 5.02. The molecule has 0 unspecified atom stereocenters. The lowest BCUT2D eigenvalue weighted by Gasteiger charge is -2.06. The molecule has 0 aliphatic heterocycles. The van der Waals surface area contributed by atoms with Crippen molar-refractivity contribution in [3.8, 4) is 0 Å². The lowest BCUT2D eigenvalue weighted by molar-refractivity contribution is -0.380. The average Bonchev–Trinajstić information content (AvgIpc) is 2.95. The summed E-state index contributed by atoms with van der Waals surface area (Å²) in [6.07, 6.45) is 0. The summed E-state index contributed by atoms with van der Waals surface area (Å²) in [6, 6.07) is 10.3. The highest BCUT2D eigenvalue weighted by Crippen LogP contribution is 2.24. The Balaban J connectivity index is 2.06. The third-order valence-corrected chi connectivity index (χ3v) is 3.80. The van der Waals surface area contributed by atoms with Crippen molar-refractivity contribution in [2.24, 2.45) is 0 Å². The SMILES string of the molecule is CCNCc1cccc(NC(=O)c2ccc([N+](=O)[O-])s2)c1. The molecule has 0 saturated heterocycles. The van der Waals surface area contributed by atoms with Gasteiger partial charge in [-0.25, -0.2) is 0 Å². The minimum absolute atomic E-state index is 0.0407. The summed E-state index contributed by atoms with van der Waals surface area (Å²) in [5.41, 5.74) is 1.73. The number of nitrogens with one attached hydrogen (secondary N) is 2. The van der Waals surface area contributed by atoms with Crippen LogP contribution in [0.3, 0.4) is 0 Å². The van der Waals surface area contributed by atoms with E-state index in [1.807, 2.05) is 25.1 Å². The molecule has 21 heavy (non-hydrogen) atoms. The third-order valence-electron chi connectivity index (χ3n) is 2.76. The molecule has 0 aliphatic carbocycles. The third kappa shape index (κ3) is 4.11. The van der Waals surface area contributed by atoms with Gasteiger partial charge in [0.25, 0.3) is 5.91 Å². The van der Waals surface area contributed by atoms with Crippen molar-refractivity contribution < 1.29 is 9.72 Å². The lowest BCUT2D eigenvalue weighted by Crippen LogP contribution is -2.13. The van der Waals surface area contributed by atoms with Crippen molar-refractivity contribution in [3.05, 3.63) is 57.0 Å². The molecule has 1 heterocycles. The summed E-state index contributed by atoms with van der Waals surface area (Å²) < 4.78 is 0. The normalized spacial score (nSPS) is 10.3. The predicted molar refractivity (Wildman–Crippen MR) is 82.7 cm³/mol. The van der Waals surface area contributed by atoms with Crippen molar-refractivity contribution >= 4 is 27.9 Å². The van der Waals surface area contributed by atoms with Crippen LogP contribution in [0.5, 0.6) is 0 Å². The van der Waals surface area contributed by atoms with Crippen LogP contribution in [0.1, 0.15) is 22.2 Å². The molecule has 0 atom stereocenters. The minimum atomic E-state index is -0.502. The molecule has 0 saturated carbocycles. The molecule has 1 amide bonds. The number of benzene rings is 1. The van der Waals surface area contributed by atoms with Gasteiger partial charge in [-0.1, -0.05) is 30.4 Å². The van der Waals surface area contributed by atoms with E-state index in [9.17, 15) is 14.9 Å². The molecule has 0 aliphatic rings. The second-order valence-corrected chi connectivity index (χ2v) is 5.39. The highest BCUT2D eigenvalue weighted by Gasteiger charge is 2.15. The van der Waals surface area contributed by atoms with E-state index in [-0.39, 0.29) is 10.9 Å². The minimum Gasteiger partial charge on any atom is -0.321 e. The molecule has 6 nitrogen and oxygen atoms in total.